The van der Waals surface area contributed by atoms with Crippen LogP contribution in [0.3, 0.4) is 0 Å². The Morgan fingerprint density at radius 3 is 2.03 bits per heavy atom. The summed E-state index contributed by atoms with van der Waals surface area (Å²) in [5.74, 6) is -3.85. The molecule has 0 bridgehead atoms. The first kappa shape index (κ1) is 23.2. The molecule has 0 saturated carbocycles. The van der Waals surface area contributed by atoms with Crippen LogP contribution in [0.2, 0.25) is 0 Å². The third-order valence-corrected chi connectivity index (χ3v) is 3.81. The monoisotopic (exact) mass is 441 g/mol. The number of hydrogen-bond acceptors (Lipinski definition) is 6. The molecule has 1 aromatic carbocycles. The van der Waals surface area contributed by atoms with E-state index in [9.17, 15) is 45.8 Å². The second-order valence-electron chi connectivity index (χ2n) is 6.23. The number of nitrogens with zero attached hydrogens (tertiary/aromatic N) is 1. The number of alkyl halides is 6. The van der Waals surface area contributed by atoms with Gasteiger partial charge in [0, 0.05) is 5.57 Å². The van der Waals surface area contributed by atoms with Crippen LogP contribution in [0.5, 0.6) is 0 Å². The zero-order chi connectivity index (χ0) is 23.0. The Labute approximate surface area is 164 Å². The maximum atomic E-state index is 12.9. The number of amides is 1. The number of aliphatic hydroxyl groups excluding tert-OH is 1. The first-order valence-corrected chi connectivity index (χ1v) is 7.99. The first-order chi connectivity index (χ1) is 13.6. The molecule has 0 aliphatic carbocycles. The Hall–Kier alpha value is -3.09. The smallest absolute Gasteiger partial charge is 0.416 e. The molecule has 164 valence electrons. The summed E-state index contributed by atoms with van der Waals surface area (Å²) < 4.78 is 82.1. The third kappa shape index (κ3) is 5.09. The van der Waals surface area contributed by atoms with E-state index in [2.05, 4.69) is 11.4 Å². The standard InChI is InChI=1S/C17H13F6NO6/c1-7(2)14(27)29-11-6-12(25)24(13(11)26)30-15(28)8-3-9(16(18,19)20)5-10(4-8)17(21,22)23/h3-5,11,13,26H,1,6H2,2H3. The Kier molecular flexibility index (Phi) is 6.16. The summed E-state index contributed by atoms with van der Waals surface area (Å²) in [7, 11) is 0. The molecular weight excluding hydrogens is 428 g/mol. The summed E-state index contributed by atoms with van der Waals surface area (Å²) in [6, 6.07) is 0.00585. The van der Waals surface area contributed by atoms with Crippen LogP contribution in [0.4, 0.5) is 26.3 Å². The van der Waals surface area contributed by atoms with Crippen LogP contribution in [0, 0.1) is 0 Å². The topological polar surface area (TPSA) is 93.1 Å². The van der Waals surface area contributed by atoms with Crippen molar-refractivity contribution < 1.29 is 55.4 Å². The number of ether oxygens (including phenoxy) is 1. The molecule has 13 heteroatoms. The van der Waals surface area contributed by atoms with Crippen molar-refractivity contribution in [2.24, 2.45) is 0 Å². The molecule has 0 spiro atoms. The predicted octanol–water partition coefficient (Wildman–Crippen LogP) is 2.83. The normalized spacial score (nSPS) is 19.6. The van der Waals surface area contributed by atoms with Crippen molar-refractivity contribution in [1.29, 1.82) is 0 Å². The molecule has 0 radical (unpaired) electrons. The largest absolute Gasteiger partial charge is 0.454 e. The highest BCUT2D eigenvalue weighted by molar-refractivity contribution is 5.92. The highest BCUT2D eigenvalue weighted by Crippen LogP contribution is 2.36. The zero-order valence-corrected chi connectivity index (χ0v) is 15.0. The lowest BCUT2D eigenvalue weighted by molar-refractivity contribution is -0.205. The van der Waals surface area contributed by atoms with E-state index < -0.39 is 65.6 Å². The van der Waals surface area contributed by atoms with E-state index in [0.29, 0.717) is 0 Å². The van der Waals surface area contributed by atoms with E-state index in [1.807, 2.05) is 0 Å². The van der Waals surface area contributed by atoms with E-state index in [1.54, 1.807) is 0 Å². The molecule has 1 fully saturated rings. The number of hydrogen-bond donors (Lipinski definition) is 1. The number of esters is 1. The minimum absolute atomic E-state index is 0.00618. The van der Waals surface area contributed by atoms with Gasteiger partial charge in [0.1, 0.15) is 0 Å². The number of aliphatic hydroxyl groups is 1. The van der Waals surface area contributed by atoms with Gasteiger partial charge in [-0.05, 0) is 25.1 Å². The number of halogens is 6. The highest BCUT2D eigenvalue weighted by atomic mass is 19.4. The van der Waals surface area contributed by atoms with Gasteiger partial charge in [-0.1, -0.05) is 6.58 Å². The van der Waals surface area contributed by atoms with E-state index >= 15 is 0 Å². The maximum Gasteiger partial charge on any atom is 0.416 e. The van der Waals surface area contributed by atoms with Crippen LogP contribution in [0.25, 0.3) is 0 Å². The van der Waals surface area contributed by atoms with Gasteiger partial charge in [0.15, 0.2) is 6.10 Å². The van der Waals surface area contributed by atoms with Gasteiger partial charge < -0.3 is 14.7 Å². The molecule has 1 aliphatic heterocycles. The average Bonchev–Trinajstić information content (AvgIpc) is 2.87. The molecular formula is C17H13F6NO6. The molecule has 0 aromatic heterocycles. The molecule has 1 amide bonds. The lowest BCUT2D eigenvalue weighted by atomic mass is 10.0. The molecule has 2 atom stereocenters. The van der Waals surface area contributed by atoms with Crippen molar-refractivity contribution in [3.05, 3.63) is 47.0 Å². The minimum atomic E-state index is -5.21. The molecule has 1 aromatic rings. The number of carbonyl (C=O) groups is 3. The van der Waals surface area contributed by atoms with Crippen molar-refractivity contribution in [3.8, 4) is 0 Å². The predicted molar refractivity (Wildman–Crippen MR) is 84.0 cm³/mol. The Morgan fingerprint density at radius 1 is 1.10 bits per heavy atom. The fourth-order valence-electron chi connectivity index (χ4n) is 2.33. The van der Waals surface area contributed by atoms with Crippen molar-refractivity contribution in [2.45, 2.75) is 38.0 Å². The van der Waals surface area contributed by atoms with Gasteiger partial charge >= 0.3 is 24.3 Å². The van der Waals surface area contributed by atoms with Crippen molar-refractivity contribution in [3.63, 3.8) is 0 Å². The average molecular weight is 441 g/mol. The number of hydroxylamine groups is 2. The lowest BCUT2D eigenvalue weighted by Crippen LogP contribution is -2.40. The molecule has 30 heavy (non-hydrogen) atoms. The summed E-state index contributed by atoms with van der Waals surface area (Å²) >= 11 is 0. The highest BCUT2D eigenvalue weighted by Gasteiger charge is 2.45. The summed E-state index contributed by atoms with van der Waals surface area (Å²) in [4.78, 5) is 39.9. The minimum Gasteiger partial charge on any atom is -0.454 e. The fraction of sp³-hybridized carbons (Fsp3) is 0.353. The van der Waals surface area contributed by atoms with Crippen LogP contribution >= 0.6 is 0 Å². The number of rotatable bonds is 4. The van der Waals surface area contributed by atoms with Crippen LogP contribution in [-0.4, -0.2) is 40.3 Å². The van der Waals surface area contributed by atoms with Crippen molar-refractivity contribution in [1.82, 2.24) is 5.06 Å². The molecule has 1 aliphatic rings. The summed E-state index contributed by atoms with van der Waals surface area (Å²) in [6.45, 7) is 4.55. The summed E-state index contributed by atoms with van der Waals surface area (Å²) in [5.41, 5.74) is -4.79. The van der Waals surface area contributed by atoms with Crippen LogP contribution in [-0.2, 0) is 31.5 Å². The number of carbonyl (C=O) groups excluding carboxylic acids is 3. The maximum absolute atomic E-state index is 12.9. The van der Waals surface area contributed by atoms with Gasteiger partial charge in [0.05, 0.1) is 23.1 Å². The molecule has 7 nitrogen and oxygen atoms in total. The van der Waals surface area contributed by atoms with Gasteiger partial charge in [-0.3, -0.25) is 4.79 Å². The first-order valence-electron chi connectivity index (χ1n) is 7.99. The van der Waals surface area contributed by atoms with Gasteiger partial charge in [0.2, 0.25) is 6.23 Å². The second kappa shape index (κ2) is 7.97. The fourth-order valence-corrected chi connectivity index (χ4v) is 2.33. The lowest BCUT2D eigenvalue weighted by Gasteiger charge is -2.22. The van der Waals surface area contributed by atoms with Crippen LogP contribution in [0.15, 0.2) is 30.4 Å². The van der Waals surface area contributed by atoms with Crippen molar-refractivity contribution in [2.75, 3.05) is 0 Å². The molecule has 1 saturated heterocycles. The summed E-state index contributed by atoms with van der Waals surface area (Å²) in [5, 5.41) is 9.98. The second-order valence-corrected chi connectivity index (χ2v) is 6.23. The quantitative estimate of drug-likeness (QED) is 0.439. The van der Waals surface area contributed by atoms with Gasteiger partial charge in [-0.25, -0.2) is 9.59 Å². The SMILES string of the molecule is C=C(C)C(=O)OC1CC(=O)N(OC(=O)c2cc(C(F)(F)F)cc(C(F)(F)F)c2)C1O. The Balaban J connectivity index is 2.28. The zero-order valence-electron chi connectivity index (χ0n) is 15.0. The van der Waals surface area contributed by atoms with Crippen molar-refractivity contribution >= 4 is 17.8 Å². The Bertz CT molecular complexity index is 861. The molecule has 2 unspecified atom stereocenters. The van der Waals surface area contributed by atoms with Crippen LogP contribution in [0.1, 0.15) is 34.8 Å². The molecule has 1 heterocycles. The van der Waals surface area contributed by atoms with Gasteiger partial charge in [0.25, 0.3) is 5.91 Å². The van der Waals surface area contributed by atoms with E-state index in [0.717, 1.165) is 0 Å². The van der Waals surface area contributed by atoms with Gasteiger partial charge in [-0.15, -0.1) is 5.06 Å². The van der Waals surface area contributed by atoms with Gasteiger partial charge in [-0.2, -0.15) is 26.3 Å². The van der Waals surface area contributed by atoms with E-state index in [-0.39, 0.29) is 28.8 Å². The Morgan fingerprint density at radius 2 is 1.60 bits per heavy atom. The van der Waals surface area contributed by atoms with E-state index in [1.165, 1.54) is 6.92 Å². The van der Waals surface area contributed by atoms with Crippen LogP contribution < -0.4 is 0 Å². The third-order valence-electron chi connectivity index (χ3n) is 3.81. The van der Waals surface area contributed by atoms with E-state index in [4.69, 9.17) is 4.74 Å². The number of benzene rings is 1. The molecule has 1 N–H and O–H groups in total. The molecule has 2 rings (SSSR count). The summed E-state index contributed by atoms with van der Waals surface area (Å²) in [6.07, 6.45) is -14.6.